The first-order valence-corrected chi connectivity index (χ1v) is 10.6. The second-order valence-corrected chi connectivity index (χ2v) is 8.08. The van der Waals surface area contributed by atoms with E-state index in [0.717, 1.165) is 44.1 Å². The number of halogens is 1. The molecule has 0 atom stereocenters. The van der Waals surface area contributed by atoms with Gasteiger partial charge < -0.3 is 20.7 Å². The number of hydrogen-bond acceptors (Lipinski definition) is 3. The molecule has 2 saturated carbocycles. The van der Waals surface area contributed by atoms with E-state index in [1.54, 1.807) is 0 Å². The molecule has 3 N–H and O–H groups in total. The van der Waals surface area contributed by atoms with E-state index in [4.69, 9.17) is 4.74 Å². The molecule has 0 radical (unpaired) electrons. The lowest BCUT2D eigenvalue weighted by molar-refractivity contribution is -0.123. The summed E-state index contributed by atoms with van der Waals surface area (Å²) in [4.78, 5) is 16.0. The summed E-state index contributed by atoms with van der Waals surface area (Å²) in [6.07, 6.45) is 8.32. The van der Waals surface area contributed by atoms with Crippen LogP contribution in [0.4, 0.5) is 0 Å². The molecule has 162 valence electrons. The van der Waals surface area contributed by atoms with Crippen LogP contribution < -0.4 is 20.7 Å². The molecule has 0 unspecified atom stereocenters. The first kappa shape index (κ1) is 23.8. The summed E-state index contributed by atoms with van der Waals surface area (Å²) in [6.45, 7) is 4.19. The van der Waals surface area contributed by atoms with Crippen molar-refractivity contribution < 1.29 is 9.53 Å². The Balaban J connectivity index is 0.00000300. The summed E-state index contributed by atoms with van der Waals surface area (Å²) in [5.74, 6) is 1.56. The summed E-state index contributed by atoms with van der Waals surface area (Å²) >= 11 is 0. The quantitative estimate of drug-likeness (QED) is 0.255. The highest BCUT2D eigenvalue weighted by molar-refractivity contribution is 14.0. The van der Waals surface area contributed by atoms with Crippen LogP contribution in [-0.4, -0.2) is 44.7 Å². The number of nitrogens with zero attached hydrogens (tertiary/aromatic N) is 1. The zero-order chi connectivity index (χ0) is 19.8. The van der Waals surface area contributed by atoms with Crippen LogP contribution in [0.15, 0.2) is 29.3 Å². The molecule has 0 aromatic heterocycles. The van der Waals surface area contributed by atoms with Gasteiger partial charge in [-0.15, -0.1) is 24.0 Å². The summed E-state index contributed by atoms with van der Waals surface area (Å²) in [5.41, 5.74) is 1.70. The first-order chi connectivity index (χ1) is 13.6. The molecule has 2 aliphatic rings. The molecule has 2 aliphatic carbocycles. The normalized spacial score (nSPS) is 17.5. The molecule has 0 heterocycles. The van der Waals surface area contributed by atoms with E-state index in [-0.39, 0.29) is 36.5 Å². The Kier molecular flexibility index (Phi) is 9.52. The van der Waals surface area contributed by atoms with Crippen LogP contribution in [0, 0.1) is 5.41 Å². The Labute approximate surface area is 191 Å². The van der Waals surface area contributed by atoms with Crippen molar-refractivity contribution in [2.24, 2.45) is 10.4 Å². The number of nitrogens with one attached hydrogen (secondary N) is 3. The Morgan fingerprint density at radius 2 is 1.93 bits per heavy atom. The van der Waals surface area contributed by atoms with Gasteiger partial charge in [-0.3, -0.25) is 9.79 Å². The maximum absolute atomic E-state index is 11.7. The zero-order valence-corrected chi connectivity index (χ0v) is 20.0. The van der Waals surface area contributed by atoms with Crippen LogP contribution >= 0.6 is 24.0 Å². The largest absolute Gasteiger partial charge is 0.484 e. The number of aliphatic imine (C=N–C) groups is 1. The summed E-state index contributed by atoms with van der Waals surface area (Å²) in [7, 11) is 1.82. The Morgan fingerprint density at radius 1 is 1.21 bits per heavy atom. The summed E-state index contributed by atoms with van der Waals surface area (Å²) < 4.78 is 5.55. The number of guanidine groups is 1. The molecule has 3 rings (SSSR count). The molecule has 0 bridgehead atoms. The van der Waals surface area contributed by atoms with Gasteiger partial charge in [0, 0.05) is 26.2 Å². The van der Waals surface area contributed by atoms with Crippen molar-refractivity contribution in [1.82, 2.24) is 16.0 Å². The lowest BCUT2D eigenvalue weighted by Gasteiger charge is -2.41. The van der Waals surface area contributed by atoms with Gasteiger partial charge in [0.15, 0.2) is 12.6 Å². The summed E-state index contributed by atoms with van der Waals surface area (Å²) in [5, 5.41) is 9.80. The lowest BCUT2D eigenvalue weighted by Crippen LogP contribution is -2.46. The molecule has 1 amide bonds. The minimum Gasteiger partial charge on any atom is -0.484 e. The number of benzene rings is 1. The third-order valence-electron chi connectivity index (χ3n) is 5.96. The van der Waals surface area contributed by atoms with Crippen molar-refractivity contribution in [3.8, 4) is 5.75 Å². The summed E-state index contributed by atoms with van der Waals surface area (Å²) in [6, 6.07) is 8.32. The van der Waals surface area contributed by atoms with E-state index in [2.05, 4.69) is 27.9 Å². The maximum atomic E-state index is 11.7. The van der Waals surface area contributed by atoms with Gasteiger partial charge in [0.25, 0.3) is 5.91 Å². The first-order valence-electron chi connectivity index (χ1n) is 10.6. The van der Waals surface area contributed by atoms with Crippen molar-refractivity contribution in [2.75, 3.05) is 26.7 Å². The smallest absolute Gasteiger partial charge is 0.258 e. The Bertz CT molecular complexity index is 664. The van der Waals surface area contributed by atoms with E-state index in [1.807, 2.05) is 31.3 Å². The highest BCUT2D eigenvalue weighted by Gasteiger charge is 2.34. The average Bonchev–Trinajstić information content (AvgIpc) is 3.49. The van der Waals surface area contributed by atoms with Gasteiger partial charge >= 0.3 is 0 Å². The van der Waals surface area contributed by atoms with E-state index >= 15 is 0 Å². The molecular weight excluding hydrogens is 479 g/mol. The molecule has 0 aliphatic heterocycles. The van der Waals surface area contributed by atoms with Crippen molar-refractivity contribution >= 4 is 35.8 Å². The van der Waals surface area contributed by atoms with Gasteiger partial charge in [-0.05, 0) is 61.6 Å². The Morgan fingerprint density at radius 3 is 2.48 bits per heavy atom. The highest BCUT2D eigenvalue weighted by Crippen LogP contribution is 2.42. The fourth-order valence-corrected chi connectivity index (χ4v) is 3.55. The number of carbonyl (C=O) groups excluding carboxylic acids is 1. The number of amides is 1. The van der Waals surface area contributed by atoms with Crippen molar-refractivity contribution in [3.63, 3.8) is 0 Å². The molecule has 1 aromatic rings. The van der Waals surface area contributed by atoms with Crippen LogP contribution in [0.3, 0.4) is 0 Å². The van der Waals surface area contributed by atoms with Crippen LogP contribution in [0.1, 0.15) is 51.0 Å². The number of carbonyl (C=O) groups is 1. The number of hydrogen-bond donors (Lipinski definition) is 3. The van der Waals surface area contributed by atoms with Gasteiger partial charge in [-0.2, -0.15) is 0 Å². The molecule has 0 saturated heterocycles. The third-order valence-corrected chi connectivity index (χ3v) is 5.96. The van der Waals surface area contributed by atoms with E-state index in [9.17, 15) is 4.79 Å². The van der Waals surface area contributed by atoms with Crippen molar-refractivity contribution in [3.05, 3.63) is 29.8 Å². The van der Waals surface area contributed by atoms with E-state index in [1.165, 1.54) is 31.2 Å². The van der Waals surface area contributed by atoms with Gasteiger partial charge in [-0.25, -0.2) is 0 Å². The topological polar surface area (TPSA) is 74.8 Å². The maximum Gasteiger partial charge on any atom is 0.258 e. The van der Waals surface area contributed by atoms with Crippen LogP contribution in [0.25, 0.3) is 0 Å². The highest BCUT2D eigenvalue weighted by atomic mass is 127. The standard InChI is InChI=1S/C22H34N4O2.HI/c1-3-22(12-4-13-22)16-25-21(23-2)24-14-11-17-5-9-19(10-6-17)28-15-20(27)26-18-7-8-18;/h5-6,9-10,18H,3-4,7-8,11-16H2,1-2H3,(H,26,27)(H2,23,24,25);1H. The van der Waals surface area contributed by atoms with Crippen LogP contribution in [-0.2, 0) is 11.2 Å². The number of rotatable bonds is 10. The monoisotopic (exact) mass is 514 g/mol. The van der Waals surface area contributed by atoms with Crippen LogP contribution in [0.5, 0.6) is 5.75 Å². The molecule has 7 heteroatoms. The zero-order valence-electron chi connectivity index (χ0n) is 17.6. The third kappa shape index (κ3) is 7.68. The van der Waals surface area contributed by atoms with Gasteiger partial charge in [0.2, 0.25) is 0 Å². The van der Waals surface area contributed by atoms with E-state index < -0.39 is 0 Å². The second-order valence-electron chi connectivity index (χ2n) is 8.08. The lowest BCUT2D eigenvalue weighted by atomic mass is 9.67. The SMILES string of the molecule is CCC1(CNC(=NC)NCCc2ccc(OCC(=O)NC3CC3)cc2)CCC1.I. The van der Waals surface area contributed by atoms with Crippen molar-refractivity contribution in [2.45, 2.75) is 57.9 Å². The predicted molar refractivity (Wildman–Crippen MR) is 128 cm³/mol. The molecule has 29 heavy (non-hydrogen) atoms. The van der Waals surface area contributed by atoms with E-state index in [0.29, 0.717) is 11.5 Å². The number of ether oxygens (including phenoxy) is 1. The molecular formula is C22H35IN4O2. The second kappa shape index (κ2) is 11.6. The molecule has 6 nitrogen and oxygen atoms in total. The van der Waals surface area contributed by atoms with Gasteiger partial charge in [0.05, 0.1) is 0 Å². The minimum atomic E-state index is -0.0404. The fourth-order valence-electron chi connectivity index (χ4n) is 3.55. The molecule has 2 fully saturated rings. The molecule has 0 spiro atoms. The van der Waals surface area contributed by atoms with Crippen LogP contribution in [0.2, 0.25) is 0 Å². The minimum absolute atomic E-state index is 0. The molecule has 1 aromatic carbocycles. The average molecular weight is 514 g/mol. The predicted octanol–water partition coefficient (Wildman–Crippen LogP) is 3.25. The van der Waals surface area contributed by atoms with Gasteiger partial charge in [0.1, 0.15) is 5.75 Å². The van der Waals surface area contributed by atoms with Gasteiger partial charge in [-0.1, -0.05) is 25.5 Å². The van der Waals surface area contributed by atoms with Crippen molar-refractivity contribution in [1.29, 1.82) is 0 Å². The Hall–Kier alpha value is -1.51. The fraction of sp³-hybridized carbons (Fsp3) is 0.636.